The van der Waals surface area contributed by atoms with Crippen LogP contribution in [0.25, 0.3) is 0 Å². The van der Waals surface area contributed by atoms with E-state index in [9.17, 15) is 10.2 Å². The zero-order valence-corrected chi connectivity index (χ0v) is 19.2. The number of aliphatic hydroxyl groups is 2. The first kappa shape index (κ1) is 21.0. The van der Waals surface area contributed by atoms with Crippen molar-refractivity contribution in [3.05, 3.63) is 140 Å². The van der Waals surface area contributed by atoms with Gasteiger partial charge >= 0.3 is 0 Å². The molecule has 0 aliphatic carbocycles. The number of hydrogen-bond acceptors (Lipinski definition) is 2. The number of halogens is 2. The van der Waals surface area contributed by atoms with Crippen molar-refractivity contribution in [3.63, 3.8) is 0 Å². The van der Waals surface area contributed by atoms with E-state index in [0.29, 0.717) is 22.3 Å². The lowest BCUT2D eigenvalue weighted by molar-refractivity contribution is -0.113. The van der Waals surface area contributed by atoms with Gasteiger partial charge < -0.3 is 10.2 Å². The maximum Gasteiger partial charge on any atom is 0.152 e. The molecule has 0 heterocycles. The molecule has 2 nitrogen and oxygen atoms in total. The monoisotopic (exact) mass is 522 g/mol. The molecule has 4 aromatic rings. The largest absolute Gasteiger partial charge is 0.377 e. The number of rotatable bonds is 5. The van der Waals surface area contributed by atoms with Gasteiger partial charge in [-0.2, -0.15) is 0 Å². The van der Waals surface area contributed by atoms with Gasteiger partial charge in [-0.1, -0.05) is 117 Å². The Labute approximate surface area is 193 Å². The zero-order chi connectivity index (χ0) is 21.2. The van der Waals surface area contributed by atoms with Gasteiger partial charge in [0.2, 0.25) is 0 Å². The zero-order valence-electron chi connectivity index (χ0n) is 16.0. The van der Waals surface area contributed by atoms with Crippen LogP contribution in [0.3, 0.4) is 0 Å². The van der Waals surface area contributed by atoms with E-state index in [-0.39, 0.29) is 0 Å². The minimum atomic E-state index is -1.75. The Hall–Kier alpha value is -2.24. The van der Waals surface area contributed by atoms with E-state index in [1.54, 1.807) is 0 Å². The molecule has 0 aromatic heterocycles. The highest BCUT2D eigenvalue weighted by atomic mass is 79.9. The van der Waals surface area contributed by atoms with Gasteiger partial charge in [0.25, 0.3) is 0 Å². The molecule has 2 unspecified atom stereocenters. The van der Waals surface area contributed by atoms with Crippen molar-refractivity contribution in [2.45, 2.75) is 11.2 Å². The molecule has 30 heavy (non-hydrogen) atoms. The highest BCUT2D eigenvalue weighted by molar-refractivity contribution is 9.10. The van der Waals surface area contributed by atoms with Crippen LogP contribution in [0.4, 0.5) is 0 Å². The van der Waals surface area contributed by atoms with Crippen LogP contribution in [-0.4, -0.2) is 10.2 Å². The van der Waals surface area contributed by atoms with E-state index in [1.165, 1.54) is 0 Å². The van der Waals surface area contributed by atoms with Crippen molar-refractivity contribution in [1.29, 1.82) is 0 Å². The van der Waals surface area contributed by atoms with Gasteiger partial charge in [-0.15, -0.1) is 0 Å². The second-order valence-electron chi connectivity index (χ2n) is 7.17. The molecule has 4 rings (SSSR count). The minimum Gasteiger partial charge on any atom is -0.377 e. The van der Waals surface area contributed by atoms with Gasteiger partial charge in [0.1, 0.15) is 0 Å². The van der Waals surface area contributed by atoms with E-state index in [0.717, 1.165) is 8.95 Å². The Morgan fingerprint density at radius 3 is 0.967 bits per heavy atom. The Morgan fingerprint density at radius 1 is 0.400 bits per heavy atom. The summed E-state index contributed by atoms with van der Waals surface area (Å²) in [5.41, 5.74) is -1.12. The predicted octanol–water partition coefficient (Wildman–Crippen LogP) is 6.38. The van der Waals surface area contributed by atoms with Crippen LogP contribution in [0.15, 0.2) is 118 Å². The number of benzene rings is 4. The smallest absolute Gasteiger partial charge is 0.152 e. The third kappa shape index (κ3) is 3.54. The molecule has 2 atom stereocenters. The summed E-state index contributed by atoms with van der Waals surface area (Å²) in [5, 5.41) is 24.9. The van der Waals surface area contributed by atoms with Crippen molar-refractivity contribution >= 4 is 31.9 Å². The van der Waals surface area contributed by atoms with Gasteiger partial charge in [0.05, 0.1) is 0 Å². The van der Waals surface area contributed by atoms with E-state index in [1.807, 2.05) is 109 Å². The summed E-state index contributed by atoms with van der Waals surface area (Å²) in [4.78, 5) is 0. The van der Waals surface area contributed by atoms with Crippen molar-refractivity contribution in [2.75, 3.05) is 0 Å². The lowest BCUT2D eigenvalue weighted by Crippen LogP contribution is -2.51. The molecule has 0 bridgehead atoms. The second-order valence-corrected chi connectivity index (χ2v) is 9.00. The lowest BCUT2D eigenvalue weighted by Gasteiger charge is -2.45. The fraction of sp³-hybridized carbons (Fsp3) is 0.0769. The lowest BCUT2D eigenvalue weighted by atomic mass is 9.66. The van der Waals surface area contributed by atoms with E-state index >= 15 is 0 Å². The molecule has 0 amide bonds. The highest BCUT2D eigenvalue weighted by Gasteiger charge is 2.54. The minimum absolute atomic E-state index is 0.589. The maximum absolute atomic E-state index is 12.5. The molecule has 0 radical (unpaired) electrons. The molecule has 4 heteroatoms. The Balaban J connectivity index is 2.08. The average molecular weight is 524 g/mol. The van der Waals surface area contributed by atoms with Crippen molar-refractivity contribution in [1.82, 2.24) is 0 Å². The van der Waals surface area contributed by atoms with Crippen LogP contribution in [0, 0.1) is 0 Å². The van der Waals surface area contributed by atoms with E-state index in [2.05, 4.69) is 31.9 Å². The van der Waals surface area contributed by atoms with Gasteiger partial charge in [-0.3, -0.25) is 0 Å². The molecule has 0 aliphatic heterocycles. The fourth-order valence-corrected chi connectivity index (χ4v) is 4.44. The first-order valence-corrected chi connectivity index (χ1v) is 11.1. The molecule has 150 valence electrons. The van der Waals surface area contributed by atoms with Crippen LogP contribution in [0.1, 0.15) is 22.3 Å². The van der Waals surface area contributed by atoms with E-state index in [4.69, 9.17) is 0 Å². The standard InChI is InChI=1S/C26H20Br2O2/c27-23-15-11-21(12-16-23)25(29,19-7-3-1-4-8-19)26(30,20-9-5-2-6-10-20)22-13-17-24(28)18-14-22/h1-18,29-30H. The maximum atomic E-state index is 12.5. The summed E-state index contributed by atoms with van der Waals surface area (Å²) in [7, 11) is 0. The van der Waals surface area contributed by atoms with Crippen LogP contribution in [0.5, 0.6) is 0 Å². The van der Waals surface area contributed by atoms with Gasteiger partial charge in [-0.25, -0.2) is 0 Å². The third-order valence-corrected chi connectivity index (χ3v) is 6.49. The first-order valence-electron chi connectivity index (χ1n) is 9.54. The summed E-state index contributed by atoms with van der Waals surface area (Å²) in [6.07, 6.45) is 0. The summed E-state index contributed by atoms with van der Waals surface area (Å²) < 4.78 is 1.79. The molecule has 0 saturated heterocycles. The Morgan fingerprint density at radius 2 is 0.667 bits per heavy atom. The molecule has 0 aliphatic rings. The van der Waals surface area contributed by atoms with Gasteiger partial charge in [-0.05, 0) is 46.5 Å². The van der Waals surface area contributed by atoms with Crippen molar-refractivity contribution in [3.8, 4) is 0 Å². The molecule has 0 saturated carbocycles. The summed E-state index contributed by atoms with van der Waals surface area (Å²) in [6.45, 7) is 0. The quantitative estimate of drug-likeness (QED) is 0.318. The van der Waals surface area contributed by atoms with Crippen molar-refractivity contribution in [2.24, 2.45) is 0 Å². The van der Waals surface area contributed by atoms with Crippen LogP contribution < -0.4 is 0 Å². The third-order valence-electron chi connectivity index (χ3n) is 5.43. The van der Waals surface area contributed by atoms with Crippen molar-refractivity contribution < 1.29 is 10.2 Å². The van der Waals surface area contributed by atoms with Crippen LogP contribution in [-0.2, 0) is 11.2 Å². The second kappa shape index (κ2) is 8.48. The Bertz CT molecular complexity index is 1020. The SMILES string of the molecule is OC(c1ccccc1)(c1ccc(Br)cc1)C(O)(c1ccccc1)c1ccc(Br)cc1. The topological polar surface area (TPSA) is 40.5 Å². The molecular formula is C26H20Br2O2. The fourth-order valence-electron chi connectivity index (χ4n) is 3.91. The molecule has 4 aromatic carbocycles. The van der Waals surface area contributed by atoms with Gasteiger partial charge in [0, 0.05) is 8.95 Å². The Kier molecular flexibility index (Phi) is 5.94. The highest BCUT2D eigenvalue weighted by Crippen LogP contribution is 2.49. The van der Waals surface area contributed by atoms with Crippen LogP contribution >= 0.6 is 31.9 Å². The summed E-state index contributed by atoms with van der Waals surface area (Å²) in [5.74, 6) is 0. The summed E-state index contributed by atoms with van der Waals surface area (Å²) >= 11 is 6.93. The first-order chi connectivity index (χ1) is 14.5. The van der Waals surface area contributed by atoms with Crippen LogP contribution in [0.2, 0.25) is 0 Å². The predicted molar refractivity (Wildman–Crippen MR) is 127 cm³/mol. The molecule has 0 spiro atoms. The molecule has 2 N–H and O–H groups in total. The summed E-state index contributed by atoms with van der Waals surface area (Å²) in [6, 6.07) is 33.5. The van der Waals surface area contributed by atoms with E-state index < -0.39 is 11.2 Å². The number of hydrogen-bond donors (Lipinski definition) is 2. The normalized spacial score (nSPS) is 15.2. The van der Waals surface area contributed by atoms with Gasteiger partial charge in [0.15, 0.2) is 11.2 Å². The molecular weight excluding hydrogens is 504 g/mol. The molecule has 0 fully saturated rings. The average Bonchev–Trinajstić information content (AvgIpc) is 2.80.